The first-order chi connectivity index (χ1) is 14.0. The van der Waals surface area contributed by atoms with Crippen LogP contribution >= 0.6 is 0 Å². The zero-order chi connectivity index (χ0) is 20.4. The van der Waals surface area contributed by atoms with Gasteiger partial charge in [-0.3, -0.25) is 4.79 Å². The predicted molar refractivity (Wildman–Crippen MR) is 110 cm³/mol. The lowest BCUT2D eigenvalue weighted by atomic mass is 10.1. The van der Waals surface area contributed by atoms with Crippen LogP contribution in [-0.4, -0.2) is 49.9 Å². The van der Waals surface area contributed by atoms with Crippen LogP contribution in [0.2, 0.25) is 0 Å². The van der Waals surface area contributed by atoms with E-state index < -0.39 is 6.10 Å². The number of nitrogens with one attached hydrogen (secondary N) is 1. The lowest BCUT2D eigenvalue weighted by Crippen LogP contribution is -3.13. The van der Waals surface area contributed by atoms with Crippen LogP contribution in [0.1, 0.15) is 23.6 Å². The van der Waals surface area contributed by atoms with Gasteiger partial charge in [-0.05, 0) is 62.2 Å². The van der Waals surface area contributed by atoms with E-state index in [0.717, 1.165) is 61.1 Å². The lowest BCUT2D eigenvalue weighted by Gasteiger charge is -2.33. The maximum absolute atomic E-state index is 12.8. The average Bonchev–Trinajstić information content (AvgIpc) is 3.15. The van der Waals surface area contributed by atoms with E-state index in [2.05, 4.69) is 18.2 Å². The van der Waals surface area contributed by atoms with E-state index in [1.165, 1.54) is 10.5 Å². The summed E-state index contributed by atoms with van der Waals surface area (Å²) in [5, 5.41) is 0. The Bertz CT molecular complexity index is 870. The molecule has 2 heterocycles. The molecule has 6 nitrogen and oxygen atoms in total. The SMILES string of the molecule is Cc1cc(C)cc(O[C@H](C)C(=O)N2CC[NH+](Cc3ccc4c(c3)OCO4)CC2)c1. The molecule has 2 aromatic carbocycles. The molecule has 154 valence electrons. The third kappa shape index (κ3) is 4.65. The summed E-state index contributed by atoms with van der Waals surface area (Å²) < 4.78 is 16.8. The molecule has 2 aliphatic rings. The Morgan fingerprint density at radius 3 is 2.48 bits per heavy atom. The second-order valence-corrected chi connectivity index (χ2v) is 8.02. The Morgan fingerprint density at radius 2 is 1.76 bits per heavy atom. The van der Waals surface area contributed by atoms with Crippen LogP contribution in [0.25, 0.3) is 0 Å². The highest BCUT2D eigenvalue weighted by atomic mass is 16.7. The van der Waals surface area contributed by atoms with Gasteiger partial charge in [-0.15, -0.1) is 0 Å². The zero-order valence-corrected chi connectivity index (χ0v) is 17.4. The molecule has 1 fully saturated rings. The Labute approximate surface area is 172 Å². The van der Waals surface area contributed by atoms with E-state index in [-0.39, 0.29) is 5.91 Å². The fourth-order valence-corrected chi connectivity index (χ4v) is 4.07. The molecule has 1 amide bonds. The molecule has 1 atom stereocenters. The number of hydrogen-bond donors (Lipinski definition) is 1. The van der Waals surface area contributed by atoms with Crippen molar-refractivity contribution in [3.8, 4) is 17.2 Å². The Balaban J connectivity index is 1.29. The monoisotopic (exact) mass is 397 g/mol. The minimum atomic E-state index is -0.480. The molecule has 29 heavy (non-hydrogen) atoms. The smallest absolute Gasteiger partial charge is 0.263 e. The van der Waals surface area contributed by atoms with Crippen LogP contribution in [0, 0.1) is 13.8 Å². The normalized spacial score (nSPS) is 17.3. The van der Waals surface area contributed by atoms with E-state index in [1.54, 1.807) is 0 Å². The van der Waals surface area contributed by atoms with Gasteiger partial charge in [0.15, 0.2) is 17.6 Å². The van der Waals surface area contributed by atoms with Crippen molar-refractivity contribution in [1.29, 1.82) is 0 Å². The van der Waals surface area contributed by atoms with Crippen LogP contribution in [0.15, 0.2) is 36.4 Å². The molecule has 0 spiro atoms. The molecule has 0 saturated carbocycles. The summed E-state index contributed by atoms with van der Waals surface area (Å²) in [4.78, 5) is 16.2. The van der Waals surface area contributed by atoms with Crippen LogP contribution < -0.4 is 19.1 Å². The van der Waals surface area contributed by atoms with Crippen molar-refractivity contribution in [3.05, 3.63) is 53.1 Å². The predicted octanol–water partition coefficient (Wildman–Crippen LogP) is 1.73. The molecule has 6 heteroatoms. The van der Waals surface area contributed by atoms with Gasteiger partial charge >= 0.3 is 0 Å². The van der Waals surface area contributed by atoms with Crippen molar-refractivity contribution in [1.82, 2.24) is 4.90 Å². The van der Waals surface area contributed by atoms with Crippen molar-refractivity contribution in [2.45, 2.75) is 33.4 Å². The maximum atomic E-state index is 12.8. The molecule has 0 bridgehead atoms. The quantitative estimate of drug-likeness (QED) is 0.835. The third-order valence-corrected chi connectivity index (χ3v) is 5.53. The number of carbonyl (C=O) groups excluding carboxylic acids is 1. The largest absolute Gasteiger partial charge is 0.481 e. The van der Waals surface area contributed by atoms with E-state index in [9.17, 15) is 4.79 Å². The number of carbonyl (C=O) groups is 1. The van der Waals surface area contributed by atoms with Gasteiger partial charge in [-0.2, -0.15) is 0 Å². The molecule has 4 rings (SSSR count). The first-order valence-corrected chi connectivity index (χ1v) is 10.2. The van der Waals surface area contributed by atoms with E-state index >= 15 is 0 Å². The average molecular weight is 397 g/mol. The molecule has 0 radical (unpaired) electrons. The fraction of sp³-hybridized carbons (Fsp3) is 0.435. The summed E-state index contributed by atoms with van der Waals surface area (Å²) in [5.74, 6) is 2.46. The van der Waals surface area contributed by atoms with Crippen molar-refractivity contribution < 1.29 is 23.9 Å². The van der Waals surface area contributed by atoms with Gasteiger partial charge in [0.25, 0.3) is 5.91 Å². The van der Waals surface area contributed by atoms with Crippen LogP contribution in [-0.2, 0) is 11.3 Å². The molecule has 0 aromatic heterocycles. The Morgan fingerprint density at radius 1 is 1.07 bits per heavy atom. The standard InChI is InChI=1S/C23H28N2O4/c1-16-10-17(2)12-20(11-16)29-18(3)23(26)25-8-6-24(7-9-25)14-19-4-5-21-22(13-19)28-15-27-21/h4-5,10-13,18H,6-9,14-15H2,1-3H3/p+1/t18-/m1/s1. The van der Waals surface area contributed by atoms with Crippen molar-refractivity contribution in [2.75, 3.05) is 33.0 Å². The summed E-state index contributed by atoms with van der Waals surface area (Å²) in [6.45, 7) is 10.5. The summed E-state index contributed by atoms with van der Waals surface area (Å²) in [6.07, 6.45) is -0.480. The first kappa shape index (κ1) is 19.6. The van der Waals surface area contributed by atoms with Gasteiger partial charge in [0, 0.05) is 5.56 Å². The zero-order valence-electron chi connectivity index (χ0n) is 17.4. The van der Waals surface area contributed by atoms with Gasteiger partial charge in [0.2, 0.25) is 6.79 Å². The van der Waals surface area contributed by atoms with Gasteiger partial charge in [0.05, 0.1) is 26.2 Å². The number of fused-ring (bicyclic) bond motifs is 1. The lowest BCUT2D eigenvalue weighted by molar-refractivity contribution is -0.917. The van der Waals surface area contributed by atoms with Crippen molar-refractivity contribution in [2.24, 2.45) is 0 Å². The fourth-order valence-electron chi connectivity index (χ4n) is 4.07. The Hall–Kier alpha value is -2.73. The van der Waals surface area contributed by atoms with Crippen molar-refractivity contribution >= 4 is 5.91 Å². The highest BCUT2D eigenvalue weighted by Crippen LogP contribution is 2.32. The topological polar surface area (TPSA) is 52.4 Å². The first-order valence-electron chi connectivity index (χ1n) is 10.2. The van der Waals surface area contributed by atoms with Gasteiger partial charge in [-0.25, -0.2) is 0 Å². The molecule has 2 aromatic rings. The Kier molecular flexibility index (Phi) is 5.62. The van der Waals surface area contributed by atoms with Crippen molar-refractivity contribution in [3.63, 3.8) is 0 Å². The summed E-state index contributed by atoms with van der Waals surface area (Å²) in [5.41, 5.74) is 3.51. The highest BCUT2D eigenvalue weighted by Gasteiger charge is 2.28. The van der Waals surface area contributed by atoms with Gasteiger partial charge in [-0.1, -0.05) is 6.07 Å². The van der Waals surface area contributed by atoms with Gasteiger partial charge in [0.1, 0.15) is 12.3 Å². The number of hydrogen-bond acceptors (Lipinski definition) is 4. The molecule has 0 unspecified atom stereocenters. The van der Waals surface area contributed by atoms with Crippen LogP contribution in [0.5, 0.6) is 17.2 Å². The molecule has 1 N–H and O–H groups in total. The number of ether oxygens (including phenoxy) is 3. The second-order valence-electron chi connectivity index (χ2n) is 8.02. The van der Waals surface area contributed by atoms with E-state index in [1.807, 2.05) is 43.9 Å². The molecule has 1 saturated heterocycles. The third-order valence-electron chi connectivity index (χ3n) is 5.53. The molecule has 0 aliphatic carbocycles. The molecular weight excluding hydrogens is 368 g/mol. The number of rotatable bonds is 5. The van der Waals surface area contributed by atoms with E-state index in [4.69, 9.17) is 14.2 Å². The van der Waals surface area contributed by atoms with Gasteiger partial charge < -0.3 is 24.0 Å². The number of piperazine rings is 1. The molecular formula is C23H29N2O4+. The summed E-state index contributed by atoms with van der Waals surface area (Å²) in [6, 6.07) is 12.2. The minimum absolute atomic E-state index is 0.0614. The summed E-state index contributed by atoms with van der Waals surface area (Å²) >= 11 is 0. The van der Waals surface area contributed by atoms with Crippen LogP contribution in [0.3, 0.4) is 0 Å². The highest BCUT2D eigenvalue weighted by molar-refractivity contribution is 5.81. The number of nitrogens with zero attached hydrogens (tertiary/aromatic N) is 1. The minimum Gasteiger partial charge on any atom is -0.481 e. The number of benzene rings is 2. The summed E-state index contributed by atoms with van der Waals surface area (Å²) in [7, 11) is 0. The number of aryl methyl sites for hydroxylation is 2. The number of quaternary nitrogens is 1. The molecule has 2 aliphatic heterocycles. The number of amides is 1. The van der Waals surface area contributed by atoms with E-state index in [0.29, 0.717) is 6.79 Å². The maximum Gasteiger partial charge on any atom is 0.263 e. The van der Waals surface area contributed by atoms with Crippen LogP contribution in [0.4, 0.5) is 0 Å². The second kappa shape index (κ2) is 8.33.